The first-order valence-electron chi connectivity index (χ1n) is 5.38. The molecule has 0 spiro atoms. The monoisotopic (exact) mass is 202 g/mol. The van der Waals surface area contributed by atoms with E-state index in [0.29, 0.717) is 25.1 Å². The Bertz CT molecular complexity index is 155. The zero-order valence-corrected chi connectivity index (χ0v) is 8.91. The first-order chi connectivity index (χ1) is 6.77. The molecule has 0 saturated heterocycles. The molecular weight excluding hydrogens is 180 g/mol. The van der Waals surface area contributed by atoms with Crippen LogP contribution in [0.4, 0.5) is 0 Å². The molecule has 1 rings (SSSR count). The van der Waals surface area contributed by atoms with Gasteiger partial charge >= 0.3 is 0 Å². The Balaban J connectivity index is 2.16. The molecule has 3 atom stereocenters. The highest BCUT2D eigenvalue weighted by Gasteiger charge is 2.25. The maximum Gasteiger partial charge on any atom is 0.0897 e. The van der Waals surface area contributed by atoms with Crippen LogP contribution in [0.3, 0.4) is 0 Å². The van der Waals surface area contributed by atoms with Gasteiger partial charge in [-0.15, -0.1) is 0 Å². The van der Waals surface area contributed by atoms with E-state index in [1.54, 1.807) is 7.11 Å². The Morgan fingerprint density at radius 3 is 3.00 bits per heavy atom. The molecule has 0 radical (unpaired) electrons. The van der Waals surface area contributed by atoms with Crippen molar-refractivity contribution in [3.05, 3.63) is 0 Å². The number of aliphatic hydroxyl groups is 1. The van der Waals surface area contributed by atoms with Crippen LogP contribution in [0, 0.1) is 5.92 Å². The molecule has 0 aromatic rings. The van der Waals surface area contributed by atoms with E-state index in [-0.39, 0.29) is 0 Å². The molecule has 0 aliphatic heterocycles. The minimum atomic E-state index is -0.404. The summed E-state index contributed by atoms with van der Waals surface area (Å²) in [6.45, 7) is 1.75. The van der Waals surface area contributed by atoms with Crippen LogP contribution in [-0.2, 0) is 4.74 Å². The summed E-state index contributed by atoms with van der Waals surface area (Å²) in [5, 5.41) is 12.8. The van der Waals surface area contributed by atoms with E-state index in [0.717, 1.165) is 6.54 Å². The maximum atomic E-state index is 9.45. The average molecular weight is 202 g/mol. The summed E-state index contributed by atoms with van der Waals surface area (Å²) in [6.07, 6.45) is 3.25. The Morgan fingerprint density at radius 2 is 2.36 bits per heavy atom. The van der Waals surface area contributed by atoms with Crippen LogP contribution in [0.1, 0.15) is 19.3 Å². The predicted molar refractivity (Wildman–Crippen MR) is 56.1 cm³/mol. The molecule has 1 fully saturated rings. The van der Waals surface area contributed by atoms with Gasteiger partial charge in [-0.25, -0.2) is 0 Å². The smallest absolute Gasteiger partial charge is 0.0897 e. The Kier molecular flexibility index (Phi) is 5.40. The topological polar surface area (TPSA) is 67.5 Å². The molecule has 1 aliphatic rings. The summed E-state index contributed by atoms with van der Waals surface area (Å²) in [5.41, 5.74) is 5.66. The molecule has 1 saturated carbocycles. The molecular formula is C10H22N2O2. The van der Waals surface area contributed by atoms with Gasteiger partial charge in [-0.2, -0.15) is 0 Å². The number of nitrogens with two attached hydrogens (primary N) is 1. The third-order valence-corrected chi connectivity index (χ3v) is 2.94. The lowest BCUT2D eigenvalue weighted by Crippen LogP contribution is -2.41. The van der Waals surface area contributed by atoms with Crippen molar-refractivity contribution < 1.29 is 9.84 Å². The second-order valence-corrected chi connectivity index (χ2v) is 4.05. The van der Waals surface area contributed by atoms with E-state index in [9.17, 15) is 5.11 Å². The average Bonchev–Trinajstić information content (AvgIpc) is 2.62. The first kappa shape index (κ1) is 11.9. The summed E-state index contributed by atoms with van der Waals surface area (Å²) in [7, 11) is 1.60. The number of rotatable bonds is 6. The number of hydrogen-bond donors (Lipinski definition) is 3. The van der Waals surface area contributed by atoms with Crippen LogP contribution in [-0.4, -0.2) is 44.1 Å². The van der Waals surface area contributed by atoms with Gasteiger partial charge in [0.05, 0.1) is 12.7 Å². The van der Waals surface area contributed by atoms with Gasteiger partial charge in [-0.05, 0) is 25.3 Å². The molecule has 0 heterocycles. The molecule has 3 unspecified atom stereocenters. The highest BCUT2D eigenvalue weighted by molar-refractivity contribution is 4.84. The van der Waals surface area contributed by atoms with Crippen LogP contribution in [0.5, 0.6) is 0 Å². The molecule has 4 heteroatoms. The van der Waals surface area contributed by atoms with Crippen molar-refractivity contribution in [1.82, 2.24) is 5.32 Å². The summed E-state index contributed by atoms with van der Waals surface area (Å²) >= 11 is 0. The molecule has 0 aromatic carbocycles. The number of aliphatic hydroxyl groups excluding tert-OH is 1. The number of ether oxygens (including phenoxy) is 1. The first-order valence-corrected chi connectivity index (χ1v) is 5.38. The molecule has 14 heavy (non-hydrogen) atoms. The van der Waals surface area contributed by atoms with E-state index < -0.39 is 6.10 Å². The standard InChI is InChI=1S/C10H22N2O2/c1-14-7-9(13)6-12-10-4-2-3-8(10)5-11/h8-10,12-13H,2-7,11H2,1H3. The Morgan fingerprint density at radius 1 is 1.57 bits per heavy atom. The predicted octanol–water partition coefficient (Wildman–Crippen LogP) is -0.289. The molecule has 1 aliphatic carbocycles. The molecule has 4 nitrogen and oxygen atoms in total. The van der Waals surface area contributed by atoms with Crippen molar-refractivity contribution in [3.63, 3.8) is 0 Å². The van der Waals surface area contributed by atoms with Crippen molar-refractivity contribution in [2.24, 2.45) is 11.7 Å². The molecule has 4 N–H and O–H groups in total. The SMILES string of the molecule is COCC(O)CNC1CCCC1CN. The fraction of sp³-hybridized carbons (Fsp3) is 1.00. The van der Waals surface area contributed by atoms with Crippen LogP contribution in [0.25, 0.3) is 0 Å². The maximum absolute atomic E-state index is 9.45. The second-order valence-electron chi connectivity index (χ2n) is 4.05. The van der Waals surface area contributed by atoms with Gasteiger partial charge < -0.3 is 20.9 Å². The Labute approximate surface area is 85.8 Å². The normalized spacial score (nSPS) is 29.4. The van der Waals surface area contributed by atoms with Gasteiger partial charge in [0, 0.05) is 19.7 Å². The Hall–Kier alpha value is -0.160. The number of nitrogens with one attached hydrogen (secondary N) is 1. The molecule has 0 amide bonds. The van der Waals surface area contributed by atoms with Crippen LogP contribution in [0.15, 0.2) is 0 Å². The number of hydrogen-bond acceptors (Lipinski definition) is 4. The van der Waals surface area contributed by atoms with Gasteiger partial charge in [-0.1, -0.05) is 6.42 Å². The van der Waals surface area contributed by atoms with E-state index in [1.807, 2.05) is 0 Å². The van der Waals surface area contributed by atoms with Crippen molar-refractivity contribution in [2.45, 2.75) is 31.4 Å². The summed E-state index contributed by atoms with van der Waals surface area (Å²) in [6, 6.07) is 0.492. The van der Waals surface area contributed by atoms with Crippen LogP contribution < -0.4 is 11.1 Å². The van der Waals surface area contributed by atoms with Crippen molar-refractivity contribution in [3.8, 4) is 0 Å². The minimum absolute atomic E-state index is 0.396. The molecule has 0 aromatic heterocycles. The number of methoxy groups -OCH3 is 1. The highest BCUT2D eigenvalue weighted by Crippen LogP contribution is 2.24. The lowest BCUT2D eigenvalue weighted by atomic mass is 10.0. The van der Waals surface area contributed by atoms with Gasteiger partial charge in [0.2, 0.25) is 0 Å². The largest absolute Gasteiger partial charge is 0.389 e. The lowest BCUT2D eigenvalue weighted by Gasteiger charge is -2.21. The van der Waals surface area contributed by atoms with E-state index in [4.69, 9.17) is 10.5 Å². The fourth-order valence-corrected chi connectivity index (χ4v) is 2.13. The summed E-state index contributed by atoms with van der Waals surface area (Å²) < 4.78 is 4.86. The summed E-state index contributed by atoms with van der Waals surface area (Å²) in [4.78, 5) is 0. The van der Waals surface area contributed by atoms with E-state index in [2.05, 4.69) is 5.32 Å². The van der Waals surface area contributed by atoms with Gasteiger partial charge in [0.1, 0.15) is 0 Å². The quantitative estimate of drug-likeness (QED) is 0.554. The van der Waals surface area contributed by atoms with E-state index >= 15 is 0 Å². The van der Waals surface area contributed by atoms with E-state index in [1.165, 1.54) is 19.3 Å². The van der Waals surface area contributed by atoms with Crippen LogP contribution in [0.2, 0.25) is 0 Å². The zero-order chi connectivity index (χ0) is 10.4. The zero-order valence-electron chi connectivity index (χ0n) is 8.91. The summed E-state index contributed by atoms with van der Waals surface area (Å²) in [5.74, 6) is 0.588. The third kappa shape index (κ3) is 3.53. The van der Waals surface area contributed by atoms with Gasteiger partial charge in [0.25, 0.3) is 0 Å². The highest BCUT2D eigenvalue weighted by atomic mass is 16.5. The third-order valence-electron chi connectivity index (χ3n) is 2.94. The molecule has 84 valence electrons. The van der Waals surface area contributed by atoms with Gasteiger partial charge in [-0.3, -0.25) is 0 Å². The molecule has 0 bridgehead atoms. The van der Waals surface area contributed by atoms with Crippen molar-refractivity contribution in [2.75, 3.05) is 26.8 Å². The van der Waals surface area contributed by atoms with Crippen LogP contribution >= 0.6 is 0 Å². The lowest BCUT2D eigenvalue weighted by molar-refractivity contribution is 0.0618. The second kappa shape index (κ2) is 6.35. The van der Waals surface area contributed by atoms with Crippen molar-refractivity contribution >= 4 is 0 Å². The fourth-order valence-electron chi connectivity index (χ4n) is 2.13. The van der Waals surface area contributed by atoms with Crippen molar-refractivity contribution in [1.29, 1.82) is 0 Å². The minimum Gasteiger partial charge on any atom is -0.389 e. The van der Waals surface area contributed by atoms with Gasteiger partial charge in [0.15, 0.2) is 0 Å².